The summed E-state index contributed by atoms with van der Waals surface area (Å²) < 4.78 is 48.1. The van der Waals surface area contributed by atoms with E-state index < -0.39 is 46.7 Å². The third-order valence-electron chi connectivity index (χ3n) is 6.80. The Morgan fingerprint density at radius 2 is 1.60 bits per heavy atom. The maximum absolute atomic E-state index is 14.8. The van der Waals surface area contributed by atoms with Crippen LogP contribution in [0.4, 0.5) is 35.2 Å². The SMILES string of the molecule is Cl.O=C(CC1(CC(=O)Nc2cc(F)c(Oc3ccnc(NC(=O)N4CC(O)C4)c3)cc2F)CC1)Nc1ccc(F)cc1. The monoisotopic (exact) mass is 605 g/mol. The fourth-order valence-electron chi connectivity index (χ4n) is 4.39. The van der Waals surface area contributed by atoms with Gasteiger partial charge in [0, 0.05) is 42.9 Å². The molecule has 1 aliphatic heterocycles. The Hall–Kier alpha value is -4.36. The van der Waals surface area contributed by atoms with E-state index in [9.17, 15) is 32.7 Å². The fraction of sp³-hybridized carbons (Fsp3) is 0.286. The quantitative estimate of drug-likeness (QED) is 0.270. The molecule has 1 saturated heterocycles. The Labute approximate surface area is 244 Å². The van der Waals surface area contributed by atoms with Gasteiger partial charge in [0.2, 0.25) is 11.8 Å². The Kier molecular flexibility index (Phi) is 9.22. The predicted molar refractivity (Wildman–Crippen MR) is 149 cm³/mol. The maximum atomic E-state index is 14.8. The molecule has 0 radical (unpaired) electrons. The van der Waals surface area contributed by atoms with Crippen LogP contribution in [0.25, 0.3) is 0 Å². The highest BCUT2D eigenvalue weighted by Gasteiger charge is 2.46. The number of carbonyl (C=O) groups excluding carboxylic acids is 3. The summed E-state index contributed by atoms with van der Waals surface area (Å²) in [7, 11) is 0. The average Bonchev–Trinajstić information content (AvgIpc) is 3.64. The molecule has 0 spiro atoms. The lowest BCUT2D eigenvalue weighted by molar-refractivity contribution is -0.119. The number of β-amino-alcohol motifs (C(OH)–C–C–N with tert-alkyl or cyclic N) is 1. The van der Waals surface area contributed by atoms with Gasteiger partial charge >= 0.3 is 6.03 Å². The third-order valence-corrected chi connectivity index (χ3v) is 6.80. The average molecular weight is 606 g/mol. The number of amides is 4. The highest BCUT2D eigenvalue weighted by atomic mass is 35.5. The molecular formula is C28H27ClF3N5O5. The lowest BCUT2D eigenvalue weighted by Crippen LogP contribution is -2.54. The summed E-state index contributed by atoms with van der Waals surface area (Å²) in [5.41, 5.74) is -0.543. The van der Waals surface area contributed by atoms with E-state index in [1.807, 2.05) is 0 Å². The van der Waals surface area contributed by atoms with Gasteiger partial charge in [-0.15, -0.1) is 12.4 Å². The van der Waals surface area contributed by atoms with E-state index in [0.717, 1.165) is 12.1 Å². The Morgan fingerprint density at radius 3 is 2.24 bits per heavy atom. The molecular weight excluding hydrogens is 579 g/mol. The summed E-state index contributed by atoms with van der Waals surface area (Å²) in [5, 5.41) is 16.9. The highest BCUT2D eigenvalue weighted by molar-refractivity contribution is 5.94. The molecule has 2 fully saturated rings. The van der Waals surface area contributed by atoms with Gasteiger partial charge in [-0.3, -0.25) is 14.9 Å². The van der Waals surface area contributed by atoms with E-state index in [-0.39, 0.29) is 61.5 Å². The van der Waals surface area contributed by atoms with Crippen LogP contribution in [0.15, 0.2) is 54.7 Å². The molecule has 1 aliphatic carbocycles. The molecule has 0 atom stereocenters. The lowest BCUT2D eigenvalue weighted by Gasteiger charge is -2.35. The standard InChI is InChI=1S/C28H26F3N5O5.ClH/c29-16-1-3-17(4-2-16)33-25(38)12-28(6-7-28)13-26(39)34-22-10-21(31)23(11-20(22)30)41-19-5-8-32-24(9-19)35-27(40)36-14-18(37)15-36;/h1-5,8-11,18,37H,6-7,12-15H2,(H,33,38)(H,34,39)(H,32,35,40);1H. The molecule has 42 heavy (non-hydrogen) atoms. The summed E-state index contributed by atoms with van der Waals surface area (Å²) in [4.78, 5) is 42.5. The molecule has 2 aliphatic rings. The topological polar surface area (TPSA) is 133 Å². The molecule has 0 bridgehead atoms. The number of benzene rings is 2. The van der Waals surface area contributed by atoms with Crippen LogP contribution in [0.5, 0.6) is 11.5 Å². The number of pyridine rings is 1. The largest absolute Gasteiger partial charge is 0.454 e. The third kappa shape index (κ3) is 7.68. The van der Waals surface area contributed by atoms with Crippen molar-refractivity contribution in [1.29, 1.82) is 0 Å². The van der Waals surface area contributed by atoms with Crippen LogP contribution in [0, 0.1) is 22.9 Å². The van der Waals surface area contributed by atoms with Crippen molar-refractivity contribution in [1.82, 2.24) is 9.88 Å². The molecule has 2 aromatic carbocycles. The maximum Gasteiger partial charge on any atom is 0.323 e. The van der Waals surface area contributed by atoms with E-state index in [4.69, 9.17) is 4.74 Å². The van der Waals surface area contributed by atoms with Gasteiger partial charge in [0.1, 0.15) is 17.4 Å². The number of aromatic nitrogens is 1. The Balaban J connectivity index is 0.00000405. The number of likely N-dealkylation sites (tertiary alicyclic amines) is 1. The smallest absolute Gasteiger partial charge is 0.323 e. The minimum Gasteiger partial charge on any atom is -0.454 e. The first-order valence-corrected chi connectivity index (χ1v) is 12.8. The predicted octanol–water partition coefficient (Wildman–Crippen LogP) is 5.06. The van der Waals surface area contributed by atoms with E-state index in [2.05, 4.69) is 20.9 Å². The molecule has 10 nitrogen and oxygen atoms in total. The van der Waals surface area contributed by atoms with Crippen LogP contribution < -0.4 is 20.7 Å². The molecule has 4 amide bonds. The molecule has 5 rings (SSSR count). The first-order valence-electron chi connectivity index (χ1n) is 12.8. The summed E-state index contributed by atoms with van der Waals surface area (Å²) in [5.74, 6) is -3.49. The number of aliphatic hydroxyl groups excluding tert-OH is 1. The molecule has 1 saturated carbocycles. The number of anilines is 3. The van der Waals surface area contributed by atoms with Crippen molar-refractivity contribution in [2.24, 2.45) is 5.41 Å². The number of nitrogens with zero attached hydrogens (tertiary/aromatic N) is 2. The molecule has 222 valence electrons. The normalized spacial score (nSPS) is 15.1. The second-order valence-corrected chi connectivity index (χ2v) is 10.2. The zero-order valence-corrected chi connectivity index (χ0v) is 22.8. The fourth-order valence-corrected chi connectivity index (χ4v) is 4.39. The van der Waals surface area contributed by atoms with Gasteiger partial charge in [-0.25, -0.2) is 22.9 Å². The van der Waals surface area contributed by atoms with Crippen molar-refractivity contribution in [3.8, 4) is 11.5 Å². The minimum absolute atomic E-state index is 0. The highest BCUT2D eigenvalue weighted by Crippen LogP contribution is 2.52. The first-order chi connectivity index (χ1) is 19.6. The second-order valence-electron chi connectivity index (χ2n) is 10.2. The van der Waals surface area contributed by atoms with E-state index in [0.29, 0.717) is 18.5 Å². The summed E-state index contributed by atoms with van der Waals surface area (Å²) >= 11 is 0. The van der Waals surface area contributed by atoms with Crippen LogP contribution >= 0.6 is 12.4 Å². The lowest BCUT2D eigenvalue weighted by atomic mass is 9.97. The van der Waals surface area contributed by atoms with Crippen LogP contribution in [0.3, 0.4) is 0 Å². The molecule has 0 unspecified atom stereocenters. The summed E-state index contributed by atoms with van der Waals surface area (Å²) in [6, 6.07) is 9.11. The van der Waals surface area contributed by atoms with Crippen LogP contribution in [-0.4, -0.2) is 52.0 Å². The second kappa shape index (κ2) is 12.7. The number of halogens is 4. The van der Waals surface area contributed by atoms with Gasteiger partial charge in [0.25, 0.3) is 0 Å². The number of hydrogen-bond acceptors (Lipinski definition) is 6. The van der Waals surface area contributed by atoms with Gasteiger partial charge in [-0.2, -0.15) is 0 Å². The molecule has 4 N–H and O–H groups in total. The van der Waals surface area contributed by atoms with Crippen LogP contribution in [0.2, 0.25) is 0 Å². The van der Waals surface area contributed by atoms with Crippen molar-refractivity contribution in [2.75, 3.05) is 29.0 Å². The number of nitrogens with one attached hydrogen (secondary N) is 3. The number of ether oxygens (including phenoxy) is 1. The summed E-state index contributed by atoms with van der Waals surface area (Å²) in [6.45, 7) is 0.395. The van der Waals surface area contributed by atoms with Crippen molar-refractivity contribution < 1.29 is 37.4 Å². The Bertz CT molecular complexity index is 1480. The van der Waals surface area contributed by atoms with E-state index in [1.165, 1.54) is 47.5 Å². The summed E-state index contributed by atoms with van der Waals surface area (Å²) in [6.07, 6.45) is 1.97. The van der Waals surface area contributed by atoms with Gasteiger partial charge in [-0.1, -0.05) is 0 Å². The first kappa shape index (κ1) is 30.6. The van der Waals surface area contributed by atoms with Gasteiger partial charge in [0.05, 0.1) is 24.9 Å². The number of hydrogen-bond donors (Lipinski definition) is 4. The molecule has 2 heterocycles. The number of aliphatic hydroxyl groups is 1. The zero-order valence-electron chi connectivity index (χ0n) is 22.0. The van der Waals surface area contributed by atoms with Crippen molar-refractivity contribution in [3.63, 3.8) is 0 Å². The van der Waals surface area contributed by atoms with Gasteiger partial charge in [-0.05, 0) is 48.6 Å². The van der Waals surface area contributed by atoms with Crippen molar-refractivity contribution >= 4 is 47.4 Å². The van der Waals surface area contributed by atoms with E-state index >= 15 is 0 Å². The number of urea groups is 1. The van der Waals surface area contributed by atoms with Gasteiger partial charge in [0.15, 0.2) is 17.4 Å². The Morgan fingerprint density at radius 1 is 0.929 bits per heavy atom. The number of carbonyl (C=O) groups is 3. The van der Waals surface area contributed by atoms with E-state index in [1.54, 1.807) is 0 Å². The molecule has 14 heteroatoms. The molecule has 3 aromatic rings. The zero-order chi connectivity index (χ0) is 29.1. The van der Waals surface area contributed by atoms with Crippen molar-refractivity contribution in [2.45, 2.75) is 31.8 Å². The van der Waals surface area contributed by atoms with Crippen LogP contribution in [-0.2, 0) is 9.59 Å². The van der Waals surface area contributed by atoms with Gasteiger partial charge < -0.3 is 25.4 Å². The number of rotatable bonds is 9. The van der Waals surface area contributed by atoms with Crippen molar-refractivity contribution in [3.05, 3.63) is 72.2 Å². The van der Waals surface area contributed by atoms with Crippen LogP contribution in [0.1, 0.15) is 25.7 Å². The minimum atomic E-state index is -0.946. The molecule has 1 aromatic heterocycles.